The second-order valence-corrected chi connectivity index (χ2v) is 3.74. The van der Waals surface area contributed by atoms with Crippen molar-refractivity contribution in [2.24, 2.45) is 0 Å². The molecule has 0 spiro atoms. The van der Waals surface area contributed by atoms with E-state index in [-0.39, 0.29) is 12.1 Å². The molecule has 1 aromatic carbocycles. The zero-order valence-electron chi connectivity index (χ0n) is 8.56. The van der Waals surface area contributed by atoms with Crippen molar-refractivity contribution < 1.29 is 9.44 Å². The molecule has 4 heteroatoms. The molecular formula is C11H14BNO2. The number of hydrogen-bond donors (Lipinski definition) is 1. The third-order valence-corrected chi connectivity index (χ3v) is 2.57. The van der Waals surface area contributed by atoms with Gasteiger partial charge in [0, 0.05) is 0 Å². The van der Waals surface area contributed by atoms with Gasteiger partial charge in [0.05, 0.1) is 0 Å². The van der Waals surface area contributed by atoms with Crippen LogP contribution in [0.4, 0.5) is 0 Å². The molecule has 1 heterocycles. The Morgan fingerprint density at radius 1 is 1.47 bits per heavy atom. The maximum absolute atomic E-state index is 10.3. The van der Waals surface area contributed by atoms with E-state index < -0.39 is 0 Å². The Morgan fingerprint density at radius 3 is 2.80 bits per heavy atom. The summed E-state index contributed by atoms with van der Waals surface area (Å²) in [6, 6.07) is 10.5. The Bertz CT molecular complexity index is 314. The summed E-state index contributed by atoms with van der Waals surface area (Å²) in [6.45, 7) is 0.809. The fourth-order valence-corrected chi connectivity index (χ4v) is 1.69. The van der Waals surface area contributed by atoms with Crippen molar-refractivity contribution in [2.75, 3.05) is 13.1 Å². The Morgan fingerprint density at radius 2 is 2.20 bits per heavy atom. The molecule has 78 valence electrons. The monoisotopic (exact) mass is 203 g/mol. The van der Waals surface area contributed by atoms with Crippen molar-refractivity contribution in [3.63, 3.8) is 0 Å². The van der Waals surface area contributed by atoms with E-state index in [1.807, 2.05) is 18.2 Å². The predicted molar refractivity (Wildman–Crippen MR) is 58.1 cm³/mol. The van der Waals surface area contributed by atoms with Crippen LogP contribution in [0.5, 0.6) is 0 Å². The molecule has 0 aromatic heterocycles. The Labute approximate surface area is 90.1 Å². The fraction of sp³-hybridized carbons (Fsp3) is 0.455. The molecule has 0 aliphatic carbocycles. The van der Waals surface area contributed by atoms with E-state index in [2.05, 4.69) is 17.4 Å². The van der Waals surface area contributed by atoms with Gasteiger partial charge in [-0.25, -0.2) is 0 Å². The van der Waals surface area contributed by atoms with Crippen molar-refractivity contribution in [3.05, 3.63) is 35.9 Å². The van der Waals surface area contributed by atoms with E-state index in [1.54, 1.807) is 0 Å². The van der Waals surface area contributed by atoms with Crippen molar-refractivity contribution >= 4 is 7.15 Å². The molecule has 3 nitrogen and oxygen atoms in total. The minimum absolute atomic E-state index is 0.262. The number of ether oxygens (including phenoxy) is 1. The average Bonchev–Trinajstić information content (AvgIpc) is 3.09. The number of epoxide rings is 1. The molecule has 1 N–H and O–H groups in total. The first-order chi connectivity index (χ1) is 7.40. The molecule has 1 aliphatic rings. The predicted octanol–water partition coefficient (Wildman–Crippen LogP) is 0.593. The minimum atomic E-state index is 0.262. The van der Waals surface area contributed by atoms with Gasteiger partial charge in [0.2, 0.25) is 0 Å². The third kappa shape index (κ3) is 3.25. The van der Waals surface area contributed by atoms with Crippen LogP contribution in [0.25, 0.3) is 0 Å². The van der Waals surface area contributed by atoms with E-state index in [9.17, 15) is 4.70 Å². The van der Waals surface area contributed by atoms with Crippen molar-refractivity contribution in [3.8, 4) is 0 Å². The standard InChI is InChI=1S/C11H14BNO2/c14-12-8-13-10(11-7-15-11)6-9-4-2-1-3-5-9/h1-5,10-11,13H,6-8H2. The van der Waals surface area contributed by atoms with Crippen LogP contribution in [0.1, 0.15) is 5.56 Å². The number of benzene rings is 1. The zero-order chi connectivity index (χ0) is 10.5. The molecule has 0 saturated carbocycles. The molecule has 0 bridgehead atoms. The summed E-state index contributed by atoms with van der Waals surface area (Å²) in [5.74, 6) is 0. The molecule has 2 unspecified atom stereocenters. The summed E-state index contributed by atoms with van der Waals surface area (Å²) in [5.41, 5.74) is 1.27. The zero-order valence-corrected chi connectivity index (χ0v) is 8.56. The maximum atomic E-state index is 10.3. The number of rotatable bonds is 6. The van der Waals surface area contributed by atoms with Crippen molar-refractivity contribution in [1.82, 2.24) is 5.32 Å². The molecule has 1 aromatic rings. The SMILES string of the molecule is O=BCNC(Cc1ccccc1)C1CO1. The van der Waals surface area contributed by atoms with Gasteiger partial charge in [-0.1, -0.05) is 0 Å². The molecule has 2 atom stereocenters. The molecule has 2 rings (SSSR count). The van der Waals surface area contributed by atoms with Crippen LogP contribution < -0.4 is 5.32 Å². The summed E-state index contributed by atoms with van der Waals surface area (Å²) < 4.78 is 15.6. The van der Waals surface area contributed by atoms with Crippen molar-refractivity contribution in [1.29, 1.82) is 0 Å². The van der Waals surface area contributed by atoms with Crippen LogP contribution >= 0.6 is 0 Å². The summed E-state index contributed by atoms with van der Waals surface area (Å²) in [6.07, 6.45) is 1.60. The van der Waals surface area contributed by atoms with E-state index >= 15 is 0 Å². The first-order valence-corrected chi connectivity index (χ1v) is 5.22. The van der Waals surface area contributed by atoms with Gasteiger partial charge >= 0.3 is 89.4 Å². The van der Waals surface area contributed by atoms with E-state index in [1.165, 1.54) is 5.56 Å². The number of hydrogen-bond acceptors (Lipinski definition) is 3. The van der Waals surface area contributed by atoms with Crippen molar-refractivity contribution in [2.45, 2.75) is 18.6 Å². The third-order valence-electron chi connectivity index (χ3n) is 2.57. The van der Waals surface area contributed by atoms with Crippen LogP contribution in [-0.4, -0.2) is 32.3 Å². The average molecular weight is 203 g/mol. The molecule has 1 fully saturated rings. The Hall–Kier alpha value is -0.995. The second-order valence-electron chi connectivity index (χ2n) is 3.74. The van der Waals surface area contributed by atoms with Gasteiger partial charge in [0.15, 0.2) is 0 Å². The van der Waals surface area contributed by atoms with Gasteiger partial charge in [-0.2, -0.15) is 0 Å². The van der Waals surface area contributed by atoms with Crippen LogP contribution in [0.15, 0.2) is 30.3 Å². The summed E-state index contributed by atoms with van der Waals surface area (Å²) in [7, 11) is 0.889. The molecular weight excluding hydrogens is 189 g/mol. The fourth-order valence-electron chi connectivity index (χ4n) is 1.69. The summed E-state index contributed by atoms with van der Waals surface area (Å²) >= 11 is 0. The topological polar surface area (TPSA) is 41.6 Å². The molecule has 1 aliphatic heterocycles. The first-order valence-electron chi connectivity index (χ1n) is 5.22. The summed E-state index contributed by atoms with van der Waals surface area (Å²) in [5, 5.41) is 3.19. The van der Waals surface area contributed by atoms with E-state index in [0.717, 1.165) is 20.2 Å². The van der Waals surface area contributed by atoms with Gasteiger partial charge in [-0.05, 0) is 0 Å². The summed E-state index contributed by atoms with van der Waals surface area (Å²) in [4.78, 5) is 0. The molecule has 1 saturated heterocycles. The van der Waals surface area contributed by atoms with Gasteiger partial charge in [-0.3, -0.25) is 0 Å². The van der Waals surface area contributed by atoms with Crippen LogP contribution in [0.3, 0.4) is 0 Å². The van der Waals surface area contributed by atoms with Crippen LogP contribution in [0.2, 0.25) is 0 Å². The quantitative estimate of drug-likeness (QED) is 0.543. The van der Waals surface area contributed by atoms with Gasteiger partial charge in [0.1, 0.15) is 0 Å². The van der Waals surface area contributed by atoms with Gasteiger partial charge < -0.3 is 0 Å². The number of nitrogens with one attached hydrogen (secondary N) is 1. The first kappa shape index (κ1) is 10.5. The van der Waals surface area contributed by atoms with Gasteiger partial charge in [0.25, 0.3) is 0 Å². The van der Waals surface area contributed by atoms with Crippen LogP contribution in [-0.2, 0) is 15.9 Å². The van der Waals surface area contributed by atoms with E-state index in [0.29, 0.717) is 6.44 Å². The van der Waals surface area contributed by atoms with Gasteiger partial charge in [-0.15, -0.1) is 0 Å². The molecule has 0 amide bonds. The normalized spacial score (nSPS) is 20.7. The molecule has 0 radical (unpaired) electrons. The Balaban J connectivity index is 1.91. The molecule has 15 heavy (non-hydrogen) atoms. The van der Waals surface area contributed by atoms with E-state index in [4.69, 9.17) is 4.74 Å². The second kappa shape index (κ2) is 5.19. The Kier molecular flexibility index (Phi) is 3.64. The van der Waals surface area contributed by atoms with Crippen LogP contribution in [0, 0.1) is 0 Å².